The number of nitrogens with one attached hydrogen (secondary N) is 1. The van der Waals surface area contributed by atoms with Gasteiger partial charge in [-0.2, -0.15) is 0 Å². The fourth-order valence-electron chi connectivity index (χ4n) is 3.31. The van der Waals surface area contributed by atoms with Crippen LogP contribution in [0.4, 0.5) is 0 Å². The molecular formula is C18H37NO. The van der Waals surface area contributed by atoms with E-state index < -0.39 is 0 Å². The molecule has 1 saturated heterocycles. The minimum atomic E-state index is -0.357. The van der Waals surface area contributed by atoms with Gasteiger partial charge in [-0.1, -0.05) is 71.1 Å². The van der Waals surface area contributed by atoms with E-state index in [1.807, 2.05) is 0 Å². The Morgan fingerprint density at radius 2 is 1.40 bits per heavy atom. The lowest BCUT2D eigenvalue weighted by Gasteiger charge is -2.26. The van der Waals surface area contributed by atoms with E-state index in [-0.39, 0.29) is 5.60 Å². The van der Waals surface area contributed by atoms with Crippen LogP contribution in [0.1, 0.15) is 96.8 Å². The minimum absolute atomic E-state index is 0.357. The van der Waals surface area contributed by atoms with E-state index in [4.69, 9.17) is 0 Å². The van der Waals surface area contributed by atoms with E-state index in [9.17, 15) is 5.11 Å². The van der Waals surface area contributed by atoms with Crippen molar-refractivity contribution in [2.75, 3.05) is 13.1 Å². The summed E-state index contributed by atoms with van der Waals surface area (Å²) in [5, 5.41) is 13.9. The molecule has 0 radical (unpaired) electrons. The van der Waals surface area contributed by atoms with Crippen molar-refractivity contribution >= 4 is 0 Å². The van der Waals surface area contributed by atoms with Gasteiger partial charge in [-0.05, 0) is 38.8 Å². The molecule has 120 valence electrons. The summed E-state index contributed by atoms with van der Waals surface area (Å²) < 4.78 is 0. The van der Waals surface area contributed by atoms with Crippen LogP contribution >= 0.6 is 0 Å². The van der Waals surface area contributed by atoms with E-state index in [0.717, 1.165) is 38.8 Å². The van der Waals surface area contributed by atoms with Crippen LogP contribution in [0.25, 0.3) is 0 Å². The van der Waals surface area contributed by atoms with Gasteiger partial charge in [-0.25, -0.2) is 0 Å². The summed E-state index contributed by atoms with van der Waals surface area (Å²) in [6.07, 6.45) is 17.8. The second kappa shape index (κ2) is 11.6. The molecular weight excluding hydrogens is 246 g/mol. The fraction of sp³-hybridized carbons (Fsp3) is 1.00. The topological polar surface area (TPSA) is 32.3 Å². The van der Waals surface area contributed by atoms with Crippen LogP contribution in [-0.2, 0) is 0 Å². The average molecular weight is 284 g/mol. The molecule has 2 heteroatoms. The van der Waals surface area contributed by atoms with Crippen LogP contribution in [0.3, 0.4) is 0 Å². The summed E-state index contributed by atoms with van der Waals surface area (Å²) >= 11 is 0. The smallest absolute Gasteiger partial charge is 0.0660 e. The van der Waals surface area contributed by atoms with Gasteiger partial charge in [0, 0.05) is 0 Å². The maximum absolute atomic E-state index is 10.5. The first-order valence-corrected chi connectivity index (χ1v) is 9.20. The number of rotatable bonds is 11. The second-order valence-electron chi connectivity index (χ2n) is 6.76. The fourth-order valence-corrected chi connectivity index (χ4v) is 3.31. The maximum atomic E-state index is 10.5. The first-order chi connectivity index (χ1) is 9.77. The molecule has 1 fully saturated rings. The molecule has 1 aliphatic rings. The summed E-state index contributed by atoms with van der Waals surface area (Å²) in [4.78, 5) is 0. The van der Waals surface area contributed by atoms with Crippen molar-refractivity contribution in [3.63, 3.8) is 0 Å². The number of unbranched alkanes of at least 4 members (excludes halogenated alkanes) is 9. The predicted octanol–water partition coefficient (Wildman–Crippen LogP) is 4.80. The molecule has 1 rings (SSSR count). The van der Waals surface area contributed by atoms with Crippen LogP contribution in [0, 0.1) is 0 Å². The van der Waals surface area contributed by atoms with Crippen LogP contribution < -0.4 is 5.32 Å². The number of hydrogen-bond acceptors (Lipinski definition) is 2. The van der Waals surface area contributed by atoms with Crippen LogP contribution in [0.2, 0.25) is 0 Å². The summed E-state index contributed by atoms with van der Waals surface area (Å²) in [6, 6.07) is 0. The number of aliphatic hydroxyl groups is 1. The highest BCUT2D eigenvalue weighted by atomic mass is 16.3. The van der Waals surface area contributed by atoms with Crippen molar-refractivity contribution < 1.29 is 5.11 Å². The molecule has 2 N–H and O–H groups in total. The largest absolute Gasteiger partial charge is 0.390 e. The van der Waals surface area contributed by atoms with Crippen molar-refractivity contribution in [1.82, 2.24) is 5.32 Å². The number of hydrogen-bond donors (Lipinski definition) is 2. The summed E-state index contributed by atoms with van der Waals surface area (Å²) in [7, 11) is 0. The molecule has 0 aromatic carbocycles. The molecule has 0 amide bonds. The Kier molecular flexibility index (Phi) is 10.4. The molecule has 0 bridgehead atoms. The van der Waals surface area contributed by atoms with Crippen molar-refractivity contribution in [2.45, 2.75) is 102 Å². The molecule has 0 spiro atoms. The zero-order chi connectivity index (χ0) is 14.5. The van der Waals surface area contributed by atoms with Gasteiger partial charge in [0.25, 0.3) is 0 Å². The van der Waals surface area contributed by atoms with Crippen LogP contribution in [0.15, 0.2) is 0 Å². The van der Waals surface area contributed by atoms with Gasteiger partial charge in [-0.15, -0.1) is 0 Å². The van der Waals surface area contributed by atoms with E-state index in [1.54, 1.807) is 0 Å². The predicted molar refractivity (Wildman–Crippen MR) is 88.1 cm³/mol. The Morgan fingerprint density at radius 1 is 0.800 bits per heavy atom. The Balaban J connectivity index is 1.88. The normalized spacial score (nSPS) is 23.7. The van der Waals surface area contributed by atoms with E-state index in [2.05, 4.69) is 12.2 Å². The van der Waals surface area contributed by atoms with Gasteiger partial charge >= 0.3 is 0 Å². The van der Waals surface area contributed by atoms with Crippen LogP contribution in [-0.4, -0.2) is 23.8 Å². The van der Waals surface area contributed by atoms with Crippen molar-refractivity contribution in [3.05, 3.63) is 0 Å². The van der Waals surface area contributed by atoms with Gasteiger partial charge in [0.05, 0.1) is 5.60 Å². The second-order valence-corrected chi connectivity index (χ2v) is 6.76. The Labute approximate surface area is 126 Å². The zero-order valence-corrected chi connectivity index (χ0v) is 13.8. The average Bonchev–Trinajstić information content (AvgIpc) is 2.66. The molecule has 0 saturated carbocycles. The van der Waals surface area contributed by atoms with Gasteiger partial charge in [0.1, 0.15) is 0 Å². The van der Waals surface area contributed by atoms with Gasteiger partial charge < -0.3 is 10.4 Å². The first kappa shape index (κ1) is 18.0. The maximum Gasteiger partial charge on any atom is 0.0660 e. The molecule has 20 heavy (non-hydrogen) atoms. The van der Waals surface area contributed by atoms with E-state index >= 15 is 0 Å². The molecule has 0 aromatic heterocycles. The minimum Gasteiger partial charge on any atom is -0.390 e. The molecule has 0 aromatic rings. The quantitative estimate of drug-likeness (QED) is 0.534. The van der Waals surface area contributed by atoms with Crippen LogP contribution in [0.5, 0.6) is 0 Å². The molecule has 2 nitrogen and oxygen atoms in total. The van der Waals surface area contributed by atoms with Crippen molar-refractivity contribution in [2.24, 2.45) is 0 Å². The third-order valence-electron chi connectivity index (χ3n) is 4.76. The van der Waals surface area contributed by atoms with Gasteiger partial charge in [0.15, 0.2) is 0 Å². The zero-order valence-electron chi connectivity index (χ0n) is 13.8. The third kappa shape index (κ3) is 8.97. The molecule has 1 heterocycles. The highest BCUT2D eigenvalue weighted by molar-refractivity contribution is 4.82. The molecule has 1 atom stereocenters. The summed E-state index contributed by atoms with van der Waals surface area (Å²) in [5.74, 6) is 0. The van der Waals surface area contributed by atoms with E-state index in [0.29, 0.717) is 0 Å². The van der Waals surface area contributed by atoms with Crippen molar-refractivity contribution in [3.8, 4) is 0 Å². The highest BCUT2D eigenvalue weighted by Crippen LogP contribution is 2.26. The SMILES string of the molecule is CCCCCCCCCCCCC1(O)CCCNCC1. The lowest BCUT2D eigenvalue weighted by molar-refractivity contribution is 0.0171. The van der Waals surface area contributed by atoms with Gasteiger partial charge in [-0.3, -0.25) is 0 Å². The van der Waals surface area contributed by atoms with E-state index in [1.165, 1.54) is 64.2 Å². The molecule has 1 aliphatic heterocycles. The van der Waals surface area contributed by atoms with Crippen molar-refractivity contribution in [1.29, 1.82) is 0 Å². The van der Waals surface area contributed by atoms with Gasteiger partial charge in [0.2, 0.25) is 0 Å². The monoisotopic (exact) mass is 283 g/mol. The Morgan fingerprint density at radius 3 is 2.05 bits per heavy atom. The lowest BCUT2D eigenvalue weighted by atomic mass is 9.88. The summed E-state index contributed by atoms with van der Waals surface area (Å²) in [6.45, 7) is 4.35. The molecule has 1 unspecified atom stereocenters. The standard InChI is InChI=1S/C18H37NO/c1-2-3-4-5-6-7-8-9-10-11-13-18(20)14-12-16-19-17-15-18/h19-20H,2-17H2,1H3. The third-order valence-corrected chi connectivity index (χ3v) is 4.76. The Bertz CT molecular complexity index is 209. The Hall–Kier alpha value is -0.0800. The first-order valence-electron chi connectivity index (χ1n) is 9.20. The lowest BCUT2D eigenvalue weighted by Crippen LogP contribution is -2.29. The summed E-state index contributed by atoms with van der Waals surface area (Å²) in [5.41, 5.74) is -0.357. The highest BCUT2D eigenvalue weighted by Gasteiger charge is 2.26. The molecule has 0 aliphatic carbocycles.